The number of ether oxygens (including phenoxy) is 10. The smallest absolute Gasteiger partial charge is 0.303 e. The number of carbonyl (C=O) groups is 6. The van der Waals surface area contributed by atoms with Gasteiger partial charge in [-0.2, -0.15) is 0 Å². The third kappa shape index (κ3) is 10.6. The highest BCUT2D eigenvalue weighted by molar-refractivity contribution is 5.69. The highest BCUT2D eigenvalue weighted by Gasteiger charge is 2.55. The molecule has 0 aromatic heterocycles. The second-order valence-electron chi connectivity index (χ2n) is 10.5. The number of carbonyl (C=O) groups excluding carboxylic acids is 6. The lowest BCUT2D eigenvalue weighted by Crippen LogP contribution is -2.63. The molecule has 2 fully saturated rings. The van der Waals surface area contributed by atoms with Crippen LogP contribution in [0.4, 0.5) is 5.69 Å². The van der Waals surface area contributed by atoms with Crippen molar-refractivity contribution in [2.24, 2.45) is 0 Å². The normalized spacial score (nSPS) is 27.9. The van der Waals surface area contributed by atoms with E-state index in [1.54, 1.807) is 0 Å². The monoisotopic (exact) mass is 685 g/mol. The maximum Gasteiger partial charge on any atom is 0.303 e. The van der Waals surface area contributed by atoms with Crippen molar-refractivity contribution < 1.29 is 81.1 Å². The molecular formula is C29H35NO18. The maximum absolute atomic E-state index is 12.2. The van der Waals surface area contributed by atoms with Crippen molar-refractivity contribution in [2.75, 3.05) is 13.2 Å². The van der Waals surface area contributed by atoms with E-state index in [2.05, 4.69) is 0 Å². The summed E-state index contributed by atoms with van der Waals surface area (Å²) in [7, 11) is 0. The van der Waals surface area contributed by atoms with E-state index in [4.69, 9.17) is 47.4 Å². The van der Waals surface area contributed by atoms with Gasteiger partial charge in [0.25, 0.3) is 5.69 Å². The molecule has 0 radical (unpaired) electrons. The van der Waals surface area contributed by atoms with Gasteiger partial charge in [-0.15, -0.1) is 0 Å². The van der Waals surface area contributed by atoms with E-state index in [0.717, 1.165) is 53.7 Å². The first-order valence-corrected chi connectivity index (χ1v) is 14.4. The lowest BCUT2D eigenvalue weighted by Gasteiger charge is -2.44. The van der Waals surface area contributed by atoms with Crippen LogP contribution in [0.3, 0.4) is 0 Å². The van der Waals surface area contributed by atoms with Gasteiger partial charge in [-0.05, 0) is 12.1 Å². The lowest BCUT2D eigenvalue weighted by molar-refractivity contribution is -0.384. The Morgan fingerprint density at radius 3 is 1.50 bits per heavy atom. The van der Waals surface area contributed by atoms with Crippen LogP contribution in [0.2, 0.25) is 0 Å². The standard InChI is InChI=1S/C29H35NO18/c1-13(31)39-11-21-24(42-15(3)33)26(44-17(5)35)28(47-21)40-12-22-23(41-14(2)32)25(43-16(4)34)27(45-18(6)36)29(48-22)46-20-9-7-19(8-10-20)30(37)38/h7-10,21-29H,11-12H2,1-6H3/t21-,22+,23+,24-,25-,26+,27+,28+,29+/m0/s1. The molecule has 0 aliphatic carbocycles. The summed E-state index contributed by atoms with van der Waals surface area (Å²) in [4.78, 5) is 82.3. The van der Waals surface area contributed by atoms with E-state index >= 15 is 0 Å². The van der Waals surface area contributed by atoms with E-state index < -0.39 is 109 Å². The molecule has 264 valence electrons. The minimum Gasteiger partial charge on any atom is -0.463 e. The molecule has 0 saturated carbocycles. The molecule has 0 spiro atoms. The quantitative estimate of drug-likeness (QED) is 0.120. The highest BCUT2D eigenvalue weighted by atomic mass is 16.8. The van der Waals surface area contributed by atoms with Crippen LogP contribution < -0.4 is 4.74 Å². The Morgan fingerprint density at radius 1 is 0.604 bits per heavy atom. The number of nitro benzene ring substituents is 1. The summed E-state index contributed by atoms with van der Waals surface area (Å²) in [6, 6.07) is 4.77. The molecule has 48 heavy (non-hydrogen) atoms. The van der Waals surface area contributed by atoms with Crippen molar-refractivity contribution in [2.45, 2.75) is 96.9 Å². The van der Waals surface area contributed by atoms with Crippen molar-refractivity contribution >= 4 is 41.5 Å². The second kappa shape index (κ2) is 16.8. The number of nitro groups is 1. The summed E-state index contributed by atoms with van der Waals surface area (Å²) >= 11 is 0. The number of benzene rings is 1. The summed E-state index contributed by atoms with van der Waals surface area (Å²) in [5.74, 6) is -4.80. The van der Waals surface area contributed by atoms with E-state index in [9.17, 15) is 38.9 Å². The van der Waals surface area contributed by atoms with E-state index in [-0.39, 0.29) is 11.4 Å². The van der Waals surface area contributed by atoms with Gasteiger partial charge in [0, 0.05) is 53.7 Å². The van der Waals surface area contributed by atoms with E-state index in [1.807, 2.05) is 0 Å². The zero-order valence-corrected chi connectivity index (χ0v) is 26.7. The Hall–Kier alpha value is -4.88. The Balaban J connectivity index is 1.97. The van der Waals surface area contributed by atoms with Crippen molar-refractivity contribution in [1.29, 1.82) is 0 Å². The van der Waals surface area contributed by atoms with Gasteiger partial charge in [-0.1, -0.05) is 0 Å². The van der Waals surface area contributed by atoms with Crippen LogP contribution in [0, 0.1) is 10.1 Å². The number of non-ortho nitro benzene ring substituents is 1. The predicted octanol–water partition coefficient (Wildman–Crippen LogP) is 0.662. The summed E-state index contributed by atoms with van der Waals surface area (Å²) in [6.45, 7) is 5.51. The van der Waals surface area contributed by atoms with Crippen molar-refractivity contribution in [3.8, 4) is 5.75 Å². The minimum absolute atomic E-state index is 0.0153. The molecule has 1 aromatic rings. The first-order chi connectivity index (χ1) is 22.5. The number of hydrogen-bond donors (Lipinski definition) is 0. The van der Waals surface area contributed by atoms with E-state index in [1.165, 1.54) is 12.1 Å². The molecule has 0 amide bonds. The Labute approximate surface area is 273 Å². The Bertz CT molecular complexity index is 1360. The first-order valence-electron chi connectivity index (χ1n) is 14.4. The van der Waals surface area contributed by atoms with Crippen molar-refractivity contribution in [1.82, 2.24) is 0 Å². The SMILES string of the molecule is CC(=O)OC[C@@H]1O[C@@H](OC[C@H]2O[C@@H](Oc3ccc([N+](=O)[O-])cc3)[C@H](OC(C)=O)[C@@H](OC(C)=O)[C@@H]2OC(C)=O)[C@H](OC(C)=O)[C@H]1OC(C)=O. The molecule has 0 bridgehead atoms. The number of nitrogens with zero attached hydrogens (tertiary/aromatic N) is 1. The zero-order chi connectivity index (χ0) is 35.7. The number of rotatable bonds is 13. The molecule has 2 saturated heterocycles. The molecular weight excluding hydrogens is 650 g/mol. The molecule has 0 unspecified atom stereocenters. The topological polar surface area (TPSA) is 238 Å². The molecule has 1 aromatic carbocycles. The fourth-order valence-electron chi connectivity index (χ4n) is 4.86. The molecule has 2 heterocycles. The largest absolute Gasteiger partial charge is 0.463 e. The molecule has 0 N–H and O–H groups in total. The first kappa shape index (κ1) is 37.6. The number of esters is 6. The van der Waals surface area contributed by atoms with Gasteiger partial charge >= 0.3 is 35.8 Å². The maximum atomic E-state index is 12.2. The van der Waals surface area contributed by atoms with Gasteiger partial charge < -0.3 is 47.4 Å². The molecule has 19 heteroatoms. The summed E-state index contributed by atoms with van der Waals surface area (Å²) in [5, 5.41) is 11.1. The van der Waals surface area contributed by atoms with Crippen LogP contribution in [0.1, 0.15) is 41.5 Å². The third-order valence-corrected chi connectivity index (χ3v) is 6.54. The fourth-order valence-corrected chi connectivity index (χ4v) is 4.86. The van der Waals surface area contributed by atoms with Crippen LogP contribution >= 0.6 is 0 Å². The van der Waals surface area contributed by atoms with Gasteiger partial charge in [-0.3, -0.25) is 38.9 Å². The van der Waals surface area contributed by atoms with Gasteiger partial charge in [0.05, 0.1) is 11.5 Å². The van der Waals surface area contributed by atoms with Crippen molar-refractivity contribution in [3.05, 3.63) is 34.4 Å². The second-order valence-corrected chi connectivity index (χ2v) is 10.5. The van der Waals surface area contributed by atoms with Crippen LogP contribution in [0.25, 0.3) is 0 Å². The molecule has 19 nitrogen and oxygen atoms in total. The van der Waals surface area contributed by atoms with E-state index in [0.29, 0.717) is 0 Å². The van der Waals surface area contributed by atoms with Gasteiger partial charge in [-0.25, -0.2) is 0 Å². The van der Waals surface area contributed by atoms with Crippen LogP contribution in [-0.2, 0) is 71.4 Å². The highest BCUT2D eigenvalue weighted by Crippen LogP contribution is 2.33. The zero-order valence-electron chi connectivity index (χ0n) is 26.7. The van der Waals surface area contributed by atoms with Crippen LogP contribution in [0.15, 0.2) is 24.3 Å². The fraction of sp³-hybridized carbons (Fsp3) is 0.586. The Kier molecular flexibility index (Phi) is 13.1. The Morgan fingerprint density at radius 2 is 1.02 bits per heavy atom. The molecule has 3 rings (SSSR count). The average molecular weight is 686 g/mol. The average Bonchev–Trinajstić information content (AvgIpc) is 3.28. The van der Waals surface area contributed by atoms with Gasteiger partial charge in [0.15, 0.2) is 30.7 Å². The van der Waals surface area contributed by atoms with Crippen molar-refractivity contribution in [3.63, 3.8) is 0 Å². The summed E-state index contributed by atoms with van der Waals surface area (Å²) in [5.41, 5.74) is -0.250. The van der Waals surface area contributed by atoms with Crippen LogP contribution in [-0.4, -0.2) is 109 Å². The minimum atomic E-state index is -1.58. The third-order valence-electron chi connectivity index (χ3n) is 6.54. The number of hydrogen-bond acceptors (Lipinski definition) is 18. The predicted molar refractivity (Wildman–Crippen MR) is 151 cm³/mol. The summed E-state index contributed by atoms with van der Waals surface area (Å²) < 4.78 is 55.5. The summed E-state index contributed by atoms with van der Waals surface area (Å²) in [6.07, 6.45) is -12.8. The van der Waals surface area contributed by atoms with Gasteiger partial charge in [0.2, 0.25) is 12.4 Å². The van der Waals surface area contributed by atoms with Gasteiger partial charge in [0.1, 0.15) is 24.6 Å². The molecule has 2 aliphatic heterocycles. The molecule has 9 atom stereocenters. The lowest BCUT2D eigenvalue weighted by atomic mass is 9.98. The molecule has 2 aliphatic rings. The van der Waals surface area contributed by atoms with Crippen LogP contribution in [0.5, 0.6) is 5.75 Å².